The molecule has 1 N–H and O–H groups in total. The highest BCUT2D eigenvalue weighted by Crippen LogP contribution is 2.31. The molecule has 0 radical (unpaired) electrons. The van der Waals surface area contributed by atoms with Crippen molar-refractivity contribution >= 4 is 11.8 Å². The first-order chi connectivity index (χ1) is 12.6. The number of benzene rings is 1. The molecule has 7 nitrogen and oxygen atoms in total. The van der Waals surface area contributed by atoms with E-state index >= 15 is 0 Å². The SMILES string of the molecule is CCOC(=O)N1CCC(NCCC(CC)N2c3ccccc3C[N+]2=O)C1. The Bertz CT molecular complexity index is 651. The molecule has 2 aliphatic heterocycles. The Morgan fingerprint density at radius 1 is 1.38 bits per heavy atom. The number of amides is 1. The normalized spacial score (nSPS) is 20.4. The first-order valence-corrected chi connectivity index (χ1v) is 9.60. The molecule has 1 fully saturated rings. The van der Waals surface area contributed by atoms with Crippen LogP contribution in [0.4, 0.5) is 10.5 Å². The minimum Gasteiger partial charge on any atom is -0.450 e. The molecule has 142 valence electrons. The summed E-state index contributed by atoms with van der Waals surface area (Å²) in [7, 11) is 0. The van der Waals surface area contributed by atoms with Crippen molar-refractivity contribution in [2.45, 2.75) is 51.7 Å². The summed E-state index contributed by atoms with van der Waals surface area (Å²) in [6.07, 6.45) is 2.52. The van der Waals surface area contributed by atoms with Crippen molar-refractivity contribution in [3.8, 4) is 0 Å². The summed E-state index contributed by atoms with van der Waals surface area (Å²) >= 11 is 0. The van der Waals surface area contributed by atoms with Gasteiger partial charge in [-0.1, -0.05) is 25.1 Å². The van der Waals surface area contributed by atoms with Gasteiger partial charge in [-0.2, -0.15) is 0 Å². The van der Waals surface area contributed by atoms with E-state index in [9.17, 15) is 9.70 Å². The first kappa shape index (κ1) is 18.6. The maximum atomic E-state index is 12.4. The van der Waals surface area contributed by atoms with Crippen molar-refractivity contribution in [2.24, 2.45) is 0 Å². The highest BCUT2D eigenvalue weighted by atomic mass is 16.6. The molecule has 2 heterocycles. The van der Waals surface area contributed by atoms with Crippen LogP contribution in [0.3, 0.4) is 0 Å². The monoisotopic (exact) mass is 361 g/mol. The van der Waals surface area contributed by atoms with Crippen LogP contribution in [0.1, 0.15) is 38.7 Å². The van der Waals surface area contributed by atoms with Gasteiger partial charge in [-0.25, -0.2) is 4.79 Å². The standard InChI is InChI=1S/C19H29N4O3/c1-3-17(23-18-8-6-5-7-15(18)13-22(23)25)9-11-20-16-10-12-21(14-16)19(24)26-4-2/h5-8,16-17,20H,3-4,9-14H2,1-2H3/q+1. The molecule has 26 heavy (non-hydrogen) atoms. The molecule has 2 atom stereocenters. The largest absolute Gasteiger partial charge is 0.450 e. The van der Waals surface area contributed by atoms with Crippen molar-refractivity contribution in [3.05, 3.63) is 34.7 Å². The quantitative estimate of drug-likeness (QED) is 0.757. The van der Waals surface area contributed by atoms with Gasteiger partial charge in [0.2, 0.25) is 0 Å². The minimum absolute atomic E-state index is 0.172. The zero-order chi connectivity index (χ0) is 18.5. The topological polar surface area (TPSA) is 64.9 Å². The second kappa shape index (κ2) is 8.49. The number of carbonyl (C=O) groups excluding carboxylic acids is 1. The molecule has 0 saturated carbocycles. The van der Waals surface area contributed by atoms with Crippen LogP contribution in [0.5, 0.6) is 0 Å². The van der Waals surface area contributed by atoms with Gasteiger partial charge in [0.1, 0.15) is 10.6 Å². The van der Waals surface area contributed by atoms with E-state index in [0.29, 0.717) is 25.7 Å². The lowest BCUT2D eigenvalue weighted by molar-refractivity contribution is -0.572. The lowest BCUT2D eigenvalue weighted by atomic mass is 10.1. The lowest BCUT2D eigenvalue weighted by Gasteiger charge is -2.22. The summed E-state index contributed by atoms with van der Waals surface area (Å²) < 4.78 is 5.06. The Labute approximate surface area is 154 Å². The fourth-order valence-corrected chi connectivity index (χ4v) is 3.85. The van der Waals surface area contributed by atoms with Gasteiger partial charge >= 0.3 is 6.09 Å². The van der Waals surface area contributed by atoms with E-state index in [1.807, 2.05) is 36.2 Å². The second-order valence-electron chi connectivity index (χ2n) is 6.92. The van der Waals surface area contributed by atoms with E-state index < -0.39 is 0 Å². The smallest absolute Gasteiger partial charge is 0.409 e. The molecule has 3 rings (SSSR count). The van der Waals surface area contributed by atoms with Gasteiger partial charge in [0.15, 0.2) is 0 Å². The van der Waals surface area contributed by atoms with E-state index in [-0.39, 0.29) is 12.1 Å². The number of hydrogen-bond acceptors (Lipinski definition) is 4. The third-order valence-electron chi connectivity index (χ3n) is 5.23. The average molecular weight is 361 g/mol. The lowest BCUT2D eigenvalue weighted by Crippen LogP contribution is -2.42. The number of likely N-dealkylation sites (tertiary alicyclic amines) is 1. The number of carbonyl (C=O) groups is 1. The fourth-order valence-electron chi connectivity index (χ4n) is 3.85. The Kier molecular flexibility index (Phi) is 6.08. The molecule has 0 aliphatic carbocycles. The molecule has 2 aliphatic rings. The molecular formula is C19H29N4O3+. The van der Waals surface area contributed by atoms with E-state index in [2.05, 4.69) is 12.2 Å². The van der Waals surface area contributed by atoms with Crippen LogP contribution in [0, 0.1) is 4.91 Å². The number of para-hydroxylation sites is 1. The summed E-state index contributed by atoms with van der Waals surface area (Å²) in [6, 6.07) is 8.48. The third-order valence-corrected chi connectivity index (χ3v) is 5.23. The van der Waals surface area contributed by atoms with Crippen molar-refractivity contribution in [1.82, 2.24) is 10.2 Å². The number of hydrogen-bond donors (Lipinski definition) is 1. The first-order valence-electron chi connectivity index (χ1n) is 9.60. The molecule has 1 aromatic carbocycles. The molecule has 1 amide bonds. The molecule has 0 bridgehead atoms. The molecule has 2 unspecified atom stereocenters. The van der Waals surface area contributed by atoms with Crippen molar-refractivity contribution < 1.29 is 14.4 Å². The fraction of sp³-hybridized carbons (Fsp3) is 0.632. The molecular weight excluding hydrogens is 332 g/mol. The number of fused-ring (bicyclic) bond motifs is 1. The number of anilines is 1. The van der Waals surface area contributed by atoms with Crippen LogP contribution >= 0.6 is 0 Å². The van der Waals surface area contributed by atoms with Crippen molar-refractivity contribution in [1.29, 1.82) is 0 Å². The van der Waals surface area contributed by atoms with E-state index in [4.69, 9.17) is 4.74 Å². The number of nitroso groups, excluding NO2 is 1. The number of nitrogens with zero attached hydrogens (tertiary/aromatic N) is 3. The number of ether oxygens (including phenoxy) is 1. The summed E-state index contributed by atoms with van der Waals surface area (Å²) in [5.41, 5.74) is 2.12. The van der Waals surface area contributed by atoms with Gasteiger partial charge < -0.3 is 15.0 Å². The predicted octanol–water partition coefficient (Wildman–Crippen LogP) is 2.69. The van der Waals surface area contributed by atoms with Gasteiger partial charge in [0, 0.05) is 19.1 Å². The molecule has 0 spiro atoms. The summed E-state index contributed by atoms with van der Waals surface area (Å²) in [4.78, 5) is 27.0. The molecule has 7 heteroatoms. The second-order valence-corrected chi connectivity index (χ2v) is 6.92. The van der Waals surface area contributed by atoms with Gasteiger partial charge in [-0.05, 0) is 38.8 Å². The van der Waals surface area contributed by atoms with Gasteiger partial charge in [0.05, 0.1) is 23.1 Å². The predicted molar refractivity (Wildman–Crippen MR) is 100.0 cm³/mol. The van der Waals surface area contributed by atoms with Crippen LogP contribution in [0.25, 0.3) is 0 Å². The minimum atomic E-state index is -0.223. The van der Waals surface area contributed by atoms with E-state index in [1.54, 1.807) is 4.90 Å². The van der Waals surface area contributed by atoms with Crippen LogP contribution in [0.15, 0.2) is 24.3 Å². The maximum Gasteiger partial charge on any atom is 0.409 e. The molecule has 1 aromatic rings. The summed E-state index contributed by atoms with van der Waals surface area (Å²) in [5.74, 6) is 0. The van der Waals surface area contributed by atoms with Crippen LogP contribution in [-0.4, -0.2) is 54.2 Å². The number of nitrogens with one attached hydrogen (secondary N) is 1. The average Bonchev–Trinajstić information content (AvgIpc) is 3.23. The highest BCUT2D eigenvalue weighted by molar-refractivity contribution is 5.68. The maximum absolute atomic E-state index is 12.4. The summed E-state index contributed by atoms with van der Waals surface area (Å²) in [6.45, 7) is 7.04. The van der Waals surface area contributed by atoms with Gasteiger partial charge in [-0.15, -0.1) is 5.01 Å². The van der Waals surface area contributed by atoms with Crippen LogP contribution < -0.4 is 10.3 Å². The Balaban J connectivity index is 1.50. The van der Waals surface area contributed by atoms with Crippen molar-refractivity contribution in [2.75, 3.05) is 31.3 Å². The van der Waals surface area contributed by atoms with Gasteiger partial charge in [-0.3, -0.25) is 0 Å². The van der Waals surface area contributed by atoms with Crippen LogP contribution in [0.2, 0.25) is 0 Å². The third kappa shape index (κ3) is 3.98. The van der Waals surface area contributed by atoms with Gasteiger partial charge in [0.25, 0.3) is 6.54 Å². The van der Waals surface area contributed by atoms with Crippen LogP contribution in [-0.2, 0) is 11.3 Å². The number of hydrazine groups is 1. The van der Waals surface area contributed by atoms with Crippen molar-refractivity contribution in [3.63, 3.8) is 0 Å². The molecule has 0 aromatic heterocycles. The Morgan fingerprint density at radius 3 is 2.96 bits per heavy atom. The molecule has 1 saturated heterocycles. The van der Waals surface area contributed by atoms with E-state index in [1.165, 1.54) is 0 Å². The highest BCUT2D eigenvalue weighted by Gasteiger charge is 2.39. The summed E-state index contributed by atoms with van der Waals surface area (Å²) in [5, 5.41) is 5.44. The Hall–Kier alpha value is -2.15. The zero-order valence-electron chi connectivity index (χ0n) is 15.7. The zero-order valence-corrected chi connectivity index (χ0v) is 15.7. The Morgan fingerprint density at radius 2 is 2.19 bits per heavy atom. The van der Waals surface area contributed by atoms with E-state index in [0.717, 1.165) is 48.5 Å². The number of rotatable bonds is 7.